The average Bonchev–Trinajstić information content (AvgIpc) is 3.42. The van der Waals surface area contributed by atoms with Crippen molar-refractivity contribution >= 4 is 28.8 Å². The van der Waals surface area contributed by atoms with Gasteiger partial charge in [-0.2, -0.15) is 0 Å². The molecule has 0 radical (unpaired) electrons. The van der Waals surface area contributed by atoms with Gasteiger partial charge >= 0.3 is 5.97 Å². The van der Waals surface area contributed by atoms with E-state index in [-0.39, 0.29) is 37.6 Å². The number of rotatable bonds is 9. The summed E-state index contributed by atoms with van der Waals surface area (Å²) < 4.78 is 6.92. The zero-order chi connectivity index (χ0) is 25.1. The van der Waals surface area contributed by atoms with E-state index in [9.17, 15) is 19.5 Å². The normalized spacial score (nSPS) is 26.6. The van der Waals surface area contributed by atoms with E-state index in [1.54, 1.807) is 11.6 Å². The molecule has 0 unspecified atom stereocenters. The number of allylic oxidation sites excluding steroid dienone is 1. The van der Waals surface area contributed by atoms with E-state index < -0.39 is 35.8 Å². The van der Waals surface area contributed by atoms with Crippen molar-refractivity contribution in [3.63, 3.8) is 0 Å². The number of carbonyl (C=O) groups excluding carboxylic acids is 3. The van der Waals surface area contributed by atoms with Gasteiger partial charge in [-0.3, -0.25) is 14.4 Å². The summed E-state index contributed by atoms with van der Waals surface area (Å²) in [6.07, 6.45) is 4.98. The van der Waals surface area contributed by atoms with Crippen LogP contribution >= 0.6 is 0 Å². The van der Waals surface area contributed by atoms with Crippen LogP contribution in [0.4, 0.5) is 0 Å². The smallest absolute Gasteiger partial charge is 0.310 e. The Morgan fingerprint density at radius 2 is 1.97 bits per heavy atom. The molecule has 2 aliphatic rings. The standard InChI is InChI=1S/C25H33N5O5/c1-4-15-11-12-17-21(20(15)25(34)35-6-3)24(33)30(16(5-2)13-31)22(17)23(32)26-14-29-19-10-8-7-9-18(19)27-28-29/h7-12,15-17,20-22,31H,4-6,13-14H2,1-3H3,(H,26,32)/t15-,16+,17+,20-,21+,22+/m1/s1. The number of hydrogen-bond acceptors (Lipinski definition) is 7. The van der Waals surface area contributed by atoms with Crippen LogP contribution in [0.3, 0.4) is 0 Å². The van der Waals surface area contributed by atoms with E-state index >= 15 is 0 Å². The minimum Gasteiger partial charge on any atom is -0.466 e. The molecule has 1 saturated heterocycles. The summed E-state index contributed by atoms with van der Waals surface area (Å²) in [7, 11) is 0. The van der Waals surface area contributed by atoms with Crippen LogP contribution in [0.25, 0.3) is 11.0 Å². The van der Waals surface area contributed by atoms with Crippen LogP contribution in [0, 0.1) is 23.7 Å². The molecule has 0 spiro atoms. The zero-order valence-corrected chi connectivity index (χ0v) is 20.3. The number of benzene rings is 1. The first-order chi connectivity index (χ1) is 17.0. The Morgan fingerprint density at radius 3 is 2.66 bits per heavy atom. The molecule has 2 heterocycles. The van der Waals surface area contributed by atoms with Gasteiger partial charge in [-0.1, -0.05) is 43.3 Å². The maximum atomic E-state index is 13.8. The van der Waals surface area contributed by atoms with Crippen LogP contribution in [0.1, 0.15) is 33.6 Å². The van der Waals surface area contributed by atoms with Gasteiger partial charge in [0.05, 0.1) is 36.6 Å². The maximum absolute atomic E-state index is 13.8. The highest BCUT2D eigenvalue weighted by Gasteiger charge is 2.58. The Morgan fingerprint density at radius 1 is 1.20 bits per heavy atom. The van der Waals surface area contributed by atoms with Gasteiger partial charge in [-0.05, 0) is 37.8 Å². The monoisotopic (exact) mass is 483 g/mol. The number of para-hydroxylation sites is 1. The fourth-order valence-corrected chi connectivity index (χ4v) is 5.49. The lowest BCUT2D eigenvalue weighted by Crippen LogP contribution is -2.52. The summed E-state index contributed by atoms with van der Waals surface area (Å²) in [6, 6.07) is 6.03. The van der Waals surface area contributed by atoms with E-state index in [1.165, 1.54) is 4.90 Å². The zero-order valence-electron chi connectivity index (χ0n) is 20.3. The molecule has 0 saturated carbocycles. The molecule has 2 aromatic rings. The summed E-state index contributed by atoms with van der Waals surface area (Å²) in [4.78, 5) is 41.8. The van der Waals surface area contributed by atoms with Crippen molar-refractivity contribution in [2.75, 3.05) is 13.2 Å². The fourth-order valence-electron chi connectivity index (χ4n) is 5.49. The van der Waals surface area contributed by atoms with Gasteiger partial charge in [0.2, 0.25) is 11.8 Å². The molecule has 188 valence electrons. The number of aliphatic hydroxyl groups is 1. The Labute approximate surface area is 204 Å². The molecular weight excluding hydrogens is 450 g/mol. The quantitative estimate of drug-likeness (QED) is 0.409. The third-order valence-electron chi connectivity index (χ3n) is 7.24. The molecule has 1 fully saturated rings. The SMILES string of the molecule is CCOC(=O)[C@H]1[C@H]2C(=O)N([C@@H](CC)CO)[C@H](C(=O)NCn3nnc4ccccc43)[C@H]2C=C[C@H]1CC. The average molecular weight is 484 g/mol. The Balaban J connectivity index is 1.65. The van der Waals surface area contributed by atoms with Crippen molar-refractivity contribution in [2.45, 2.75) is 52.4 Å². The summed E-state index contributed by atoms with van der Waals surface area (Å²) in [5.74, 6) is -3.11. The van der Waals surface area contributed by atoms with Gasteiger partial charge < -0.3 is 20.1 Å². The number of amides is 2. The number of nitrogens with zero attached hydrogens (tertiary/aromatic N) is 4. The second-order valence-electron chi connectivity index (χ2n) is 9.05. The molecule has 10 heteroatoms. The topological polar surface area (TPSA) is 127 Å². The lowest BCUT2D eigenvalue weighted by molar-refractivity contribution is -0.156. The number of aliphatic hydroxyl groups excluding tert-OH is 1. The van der Waals surface area contributed by atoms with E-state index in [4.69, 9.17) is 4.74 Å². The van der Waals surface area contributed by atoms with E-state index in [0.29, 0.717) is 18.4 Å². The van der Waals surface area contributed by atoms with Crippen LogP contribution in [0.5, 0.6) is 0 Å². The minimum absolute atomic E-state index is 0.0772. The number of aromatic nitrogens is 3. The molecule has 2 N–H and O–H groups in total. The highest BCUT2D eigenvalue weighted by molar-refractivity contribution is 5.96. The molecule has 0 bridgehead atoms. The number of hydrogen-bond donors (Lipinski definition) is 2. The number of fused-ring (bicyclic) bond motifs is 2. The third-order valence-corrected chi connectivity index (χ3v) is 7.24. The molecule has 1 aromatic carbocycles. The second kappa shape index (κ2) is 10.6. The molecule has 1 aromatic heterocycles. The summed E-state index contributed by atoms with van der Waals surface area (Å²) >= 11 is 0. The lowest BCUT2D eigenvalue weighted by Gasteiger charge is -2.33. The number of carbonyl (C=O) groups is 3. The Hall–Kier alpha value is -3.27. The number of esters is 1. The molecule has 6 atom stereocenters. The number of nitrogens with one attached hydrogen (secondary N) is 1. The van der Waals surface area contributed by atoms with Gasteiger partial charge in [0.25, 0.3) is 0 Å². The first-order valence-electron chi connectivity index (χ1n) is 12.3. The minimum atomic E-state index is -0.856. The van der Waals surface area contributed by atoms with Crippen LogP contribution < -0.4 is 5.32 Å². The van der Waals surface area contributed by atoms with E-state index in [1.807, 2.05) is 50.3 Å². The fraction of sp³-hybridized carbons (Fsp3) is 0.560. The highest BCUT2D eigenvalue weighted by atomic mass is 16.5. The van der Waals surface area contributed by atoms with E-state index in [0.717, 1.165) is 5.52 Å². The summed E-state index contributed by atoms with van der Waals surface area (Å²) in [6.45, 7) is 5.58. The van der Waals surface area contributed by atoms with Gasteiger partial charge in [-0.25, -0.2) is 4.68 Å². The van der Waals surface area contributed by atoms with Crippen molar-refractivity contribution in [1.82, 2.24) is 25.2 Å². The third kappa shape index (κ3) is 4.42. The molecule has 1 aliphatic carbocycles. The first-order valence-corrected chi connectivity index (χ1v) is 12.3. The molecule has 2 amide bonds. The van der Waals surface area contributed by atoms with Crippen molar-refractivity contribution in [3.05, 3.63) is 36.4 Å². The molecule has 1 aliphatic heterocycles. The Kier molecular flexibility index (Phi) is 7.49. The van der Waals surface area contributed by atoms with Crippen LogP contribution in [-0.2, 0) is 25.8 Å². The number of ether oxygens (including phenoxy) is 1. The number of likely N-dealkylation sites (tertiary alicyclic amines) is 1. The molecule has 35 heavy (non-hydrogen) atoms. The van der Waals surface area contributed by atoms with E-state index in [2.05, 4.69) is 15.6 Å². The van der Waals surface area contributed by atoms with Crippen LogP contribution in [0.2, 0.25) is 0 Å². The lowest BCUT2D eigenvalue weighted by atomic mass is 9.69. The molecule has 10 nitrogen and oxygen atoms in total. The van der Waals surface area contributed by atoms with Crippen molar-refractivity contribution in [1.29, 1.82) is 0 Å². The largest absolute Gasteiger partial charge is 0.466 e. The Bertz CT molecular complexity index is 1110. The highest BCUT2D eigenvalue weighted by Crippen LogP contribution is 2.46. The van der Waals surface area contributed by atoms with Gasteiger partial charge in [0.15, 0.2) is 0 Å². The van der Waals surface area contributed by atoms with Crippen molar-refractivity contribution in [3.8, 4) is 0 Å². The van der Waals surface area contributed by atoms with Gasteiger partial charge in [0, 0.05) is 5.92 Å². The first kappa shape index (κ1) is 24.8. The molecule has 4 rings (SSSR count). The van der Waals surface area contributed by atoms with Crippen molar-refractivity contribution < 1.29 is 24.2 Å². The van der Waals surface area contributed by atoms with Gasteiger partial charge in [-0.15, -0.1) is 5.10 Å². The van der Waals surface area contributed by atoms with Gasteiger partial charge in [0.1, 0.15) is 18.2 Å². The maximum Gasteiger partial charge on any atom is 0.310 e. The van der Waals surface area contributed by atoms with Crippen LogP contribution in [0.15, 0.2) is 36.4 Å². The van der Waals surface area contributed by atoms with Crippen LogP contribution in [-0.4, -0.2) is 68.1 Å². The predicted octanol–water partition coefficient (Wildman–Crippen LogP) is 1.49. The predicted molar refractivity (Wildman–Crippen MR) is 127 cm³/mol. The summed E-state index contributed by atoms with van der Waals surface area (Å²) in [5, 5.41) is 21.1. The molecular formula is C25H33N5O5. The summed E-state index contributed by atoms with van der Waals surface area (Å²) in [5.41, 5.74) is 1.49. The van der Waals surface area contributed by atoms with Crippen molar-refractivity contribution in [2.24, 2.45) is 23.7 Å². The second-order valence-corrected chi connectivity index (χ2v) is 9.05.